The third-order valence-corrected chi connectivity index (χ3v) is 3.32. The van der Waals surface area contributed by atoms with E-state index in [0.717, 1.165) is 0 Å². The Morgan fingerprint density at radius 2 is 2.12 bits per heavy atom. The first-order chi connectivity index (χ1) is 7.99. The molecular formula is C12H11ClO4. The molecule has 5 heteroatoms. The summed E-state index contributed by atoms with van der Waals surface area (Å²) in [5.74, 6) is -0.628. The van der Waals surface area contributed by atoms with Gasteiger partial charge in [-0.1, -0.05) is 11.6 Å². The highest BCUT2D eigenvalue weighted by Crippen LogP contribution is 2.46. The van der Waals surface area contributed by atoms with Crippen molar-refractivity contribution in [3.63, 3.8) is 0 Å². The number of carboxylic acid groups (broad SMARTS) is 1. The summed E-state index contributed by atoms with van der Waals surface area (Å²) in [7, 11) is 1.46. The van der Waals surface area contributed by atoms with Crippen LogP contribution >= 0.6 is 11.6 Å². The van der Waals surface area contributed by atoms with Gasteiger partial charge < -0.3 is 9.84 Å². The molecule has 2 rings (SSSR count). The average molecular weight is 255 g/mol. The minimum atomic E-state index is -1.17. The topological polar surface area (TPSA) is 63.6 Å². The molecular weight excluding hydrogens is 244 g/mol. The second-order valence-corrected chi connectivity index (χ2v) is 4.56. The van der Waals surface area contributed by atoms with Crippen molar-refractivity contribution >= 4 is 23.4 Å². The second-order valence-electron chi connectivity index (χ2n) is 4.12. The lowest BCUT2D eigenvalue weighted by molar-refractivity contribution is -0.153. The molecule has 90 valence electrons. The van der Waals surface area contributed by atoms with E-state index in [2.05, 4.69) is 0 Å². The number of aliphatic carboxylic acids is 1. The Balaban J connectivity index is 2.54. The zero-order valence-electron chi connectivity index (χ0n) is 9.20. The van der Waals surface area contributed by atoms with Crippen LogP contribution in [0.2, 0.25) is 5.02 Å². The van der Waals surface area contributed by atoms with Crippen LogP contribution in [0.4, 0.5) is 0 Å². The standard InChI is InChI=1S/C12H11ClO4/c1-17-10-3-2-7(13)4-9(10)12(11(15)16)5-8(14)6-12/h2-4H,5-6H2,1H3,(H,15,16). The zero-order valence-corrected chi connectivity index (χ0v) is 9.95. The fourth-order valence-corrected chi connectivity index (χ4v) is 2.30. The van der Waals surface area contributed by atoms with Crippen LogP contribution in [-0.4, -0.2) is 24.0 Å². The number of hydrogen-bond acceptors (Lipinski definition) is 3. The number of hydrogen-bond donors (Lipinski definition) is 1. The molecule has 0 heterocycles. The summed E-state index contributed by atoms with van der Waals surface area (Å²) < 4.78 is 5.13. The maximum absolute atomic E-state index is 11.4. The van der Waals surface area contributed by atoms with Crippen molar-refractivity contribution in [3.05, 3.63) is 28.8 Å². The Hall–Kier alpha value is -1.55. The van der Waals surface area contributed by atoms with Gasteiger partial charge in [-0.05, 0) is 18.2 Å². The molecule has 0 saturated heterocycles. The van der Waals surface area contributed by atoms with Crippen LogP contribution < -0.4 is 4.74 Å². The minimum Gasteiger partial charge on any atom is -0.496 e. The Bertz CT molecular complexity index is 487. The van der Waals surface area contributed by atoms with Gasteiger partial charge >= 0.3 is 5.97 Å². The Kier molecular flexibility index (Phi) is 2.83. The first-order valence-corrected chi connectivity index (χ1v) is 5.46. The number of ketones is 1. The molecule has 1 aromatic carbocycles. The van der Waals surface area contributed by atoms with Gasteiger partial charge in [0.2, 0.25) is 0 Å². The fraction of sp³-hybridized carbons (Fsp3) is 0.333. The van der Waals surface area contributed by atoms with Crippen molar-refractivity contribution < 1.29 is 19.4 Å². The molecule has 4 nitrogen and oxygen atoms in total. The number of ether oxygens (including phenoxy) is 1. The highest BCUT2D eigenvalue weighted by atomic mass is 35.5. The first-order valence-electron chi connectivity index (χ1n) is 5.09. The fourth-order valence-electron chi connectivity index (χ4n) is 2.13. The van der Waals surface area contributed by atoms with Crippen LogP contribution in [0.3, 0.4) is 0 Å². The third-order valence-electron chi connectivity index (χ3n) is 3.08. The van der Waals surface area contributed by atoms with E-state index in [9.17, 15) is 14.7 Å². The highest BCUT2D eigenvalue weighted by molar-refractivity contribution is 6.30. The molecule has 0 bridgehead atoms. The van der Waals surface area contributed by atoms with Crippen LogP contribution in [-0.2, 0) is 15.0 Å². The summed E-state index contributed by atoms with van der Waals surface area (Å²) >= 11 is 5.87. The molecule has 17 heavy (non-hydrogen) atoms. The molecule has 1 aliphatic rings. The first kappa shape index (κ1) is 11.9. The van der Waals surface area contributed by atoms with Gasteiger partial charge in [0, 0.05) is 23.4 Å². The monoisotopic (exact) mass is 254 g/mol. The van der Waals surface area contributed by atoms with E-state index >= 15 is 0 Å². The maximum Gasteiger partial charge on any atom is 0.315 e. The summed E-state index contributed by atoms with van der Waals surface area (Å²) in [4.78, 5) is 22.5. The van der Waals surface area contributed by atoms with E-state index in [4.69, 9.17) is 16.3 Å². The second kappa shape index (κ2) is 4.04. The van der Waals surface area contributed by atoms with Crippen LogP contribution in [0.5, 0.6) is 5.75 Å². The van der Waals surface area contributed by atoms with Crippen LogP contribution in [0.15, 0.2) is 18.2 Å². The number of carbonyl (C=O) groups is 2. The normalized spacial score (nSPS) is 17.4. The maximum atomic E-state index is 11.4. The van der Waals surface area contributed by atoms with E-state index in [1.54, 1.807) is 18.2 Å². The SMILES string of the molecule is COc1ccc(Cl)cc1C1(C(=O)O)CC(=O)C1. The van der Waals surface area contributed by atoms with E-state index < -0.39 is 11.4 Å². The summed E-state index contributed by atoms with van der Waals surface area (Å²) in [6.45, 7) is 0. The number of carbonyl (C=O) groups excluding carboxylic acids is 1. The lowest BCUT2D eigenvalue weighted by Crippen LogP contribution is -2.48. The molecule has 0 aromatic heterocycles. The Morgan fingerprint density at radius 1 is 1.47 bits per heavy atom. The molecule has 1 N–H and O–H groups in total. The predicted octanol–water partition coefficient (Wildman–Crippen LogP) is 2.03. The number of methoxy groups -OCH3 is 1. The number of rotatable bonds is 3. The summed E-state index contributed by atoms with van der Waals surface area (Å²) in [5.41, 5.74) is -0.701. The summed E-state index contributed by atoms with van der Waals surface area (Å²) in [5, 5.41) is 9.75. The van der Waals surface area contributed by atoms with Gasteiger partial charge in [0.25, 0.3) is 0 Å². The van der Waals surface area contributed by atoms with Crippen molar-refractivity contribution in [1.82, 2.24) is 0 Å². The van der Waals surface area contributed by atoms with E-state index in [0.29, 0.717) is 16.3 Å². The van der Waals surface area contributed by atoms with Crippen LogP contribution in [0.1, 0.15) is 18.4 Å². The van der Waals surface area contributed by atoms with E-state index in [-0.39, 0.29) is 18.6 Å². The van der Waals surface area contributed by atoms with E-state index in [1.165, 1.54) is 7.11 Å². The quantitative estimate of drug-likeness (QED) is 0.897. The number of Topliss-reactive ketones (excluding diaryl/α,β-unsaturated/α-hetero) is 1. The van der Waals surface area contributed by atoms with Gasteiger partial charge in [0.05, 0.1) is 7.11 Å². The van der Waals surface area contributed by atoms with Crippen molar-refractivity contribution in [1.29, 1.82) is 0 Å². The largest absolute Gasteiger partial charge is 0.496 e. The molecule has 0 amide bonds. The van der Waals surface area contributed by atoms with Crippen molar-refractivity contribution in [3.8, 4) is 5.75 Å². The molecule has 0 spiro atoms. The molecule has 0 atom stereocenters. The van der Waals surface area contributed by atoms with Crippen molar-refractivity contribution in [2.24, 2.45) is 0 Å². The Morgan fingerprint density at radius 3 is 2.59 bits per heavy atom. The number of carboxylic acids is 1. The van der Waals surface area contributed by atoms with E-state index in [1.807, 2.05) is 0 Å². The molecule has 1 aliphatic carbocycles. The summed E-state index contributed by atoms with van der Waals surface area (Å²) in [6, 6.07) is 4.80. The molecule has 0 radical (unpaired) electrons. The molecule has 1 aromatic rings. The highest BCUT2D eigenvalue weighted by Gasteiger charge is 2.53. The average Bonchev–Trinajstić information content (AvgIpc) is 2.24. The van der Waals surface area contributed by atoms with Crippen LogP contribution in [0, 0.1) is 0 Å². The lowest BCUT2D eigenvalue weighted by atomic mass is 9.63. The Labute approximate surface area is 103 Å². The molecule has 0 aliphatic heterocycles. The third kappa shape index (κ3) is 1.78. The smallest absolute Gasteiger partial charge is 0.315 e. The lowest BCUT2D eigenvalue weighted by Gasteiger charge is -2.37. The summed E-state index contributed by atoms with van der Waals surface area (Å²) in [6.07, 6.45) is -0.00191. The number of halogens is 1. The van der Waals surface area contributed by atoms with Gasteiger partial charge in [-0.25, -0.2) is 0 Å². The molecule has 1 fully saturated rings. The van der Waals surface area contributed by atoms with Gasteiger partial charge in [-0.2, -0.15) is 0 Å². The van der Waals surface area contributed by atoms with Gasteiger partial charge in [0.1, 0.15) is 16.9 Å². The predicted molar refractivity (Wildman–Crippen MR) is 61.6 cm³/mol. The van der Waals surface area contributed by atoms with Gasteiger partial charge in [-0.15, -0.1) is 0 Å². The molecule has 0 unspecified atom stereocenters. The van der Waals surface area contributed by atoms with Crippen LogP contribution in [0.25, 0.3) is 0 Å². The van der Waals surface area contributed by atoms with Gasteiger partial charge in [0.15, 0.2) is 0 Å². The zero-order chi connectivity index (χ0) is 12.6. The molecule has 1 saturated carbocycles. The minimum absolute atomic E-state index is 0.000957. The van der Waals surface area contributed by atoms with Gasteiger partial charge in [-0.3, -0.25) is 9.59 Å². The van der Waals surface area contributed by atoms with Crippen molar-refractivity contribution in [2.75, 3.05) is 7.11 Å². The van der Waals surface area contributed by atoms with Crippen molar-refractivity contribution in [2.45, 2.75) is 18.3 Å². The number of benzene rings is 1.